The molecule has 2 aromatic rings. The van der Waals surface area contributed by atoms with Gasteiger partial charge in [-0.2, -0.15) is 0 Å². The number of hydrogen-bond donors (Lipinski definition) is 3. The number of benzene rings is 2. The van der Waals surface area contributed by atoms with Crippen molar-refractivity contribution in [2.75, 3.05) is 23.8 Å². The van der Waals surface area contributed by atoms with Crippen LogP contribution in [0, 0.1) is 6.92 Å². The predicted molar refractivity (Wildman–Crippen MR) is 101 cm³/mol. The van der Waals surface area contributed by atoms with E-state index in [9.17, 15) is 14.4 Å². The third-order valence-corrected chi connectivity index (χ3v) is 4.07. The minimum Gasteiger partial charge on any atom is -0.395 e. The van der Waals surface area contributed by atoms with Gasteiger partial charge in [0.05, 0.1) is 13.2 Å². The van der Waals surface area contributed by atoms with Gasteiger partial charge in [-0.15, -0.1) is 0 Å². The van der Waals surface area contributed by atoms with Crippen LogP contribution in [0.5, 0.6) is 0 Å². The van der Waals surface area contributed by atoms with E-state index in [0.717, 1.165) is 10.5 Å². The molecule has 2 aromatic carbocycles. The molecule has 0 fully saturated rings. The summed E-state index contributed by atoms with van der Waals surface area (Å²) in [5.74, 6) is -1.15. The lowest BCUT2D eigenvalue weighted by Crippen LogP contribution is -2.34. The number of imide groups is 1. The molecule has 0 spiro atoms. The molecule has 0 bridgehead atoms. The number of rotatable bonds is 6. The number of nitrogens with one attached hydrogen (secondary N) is 2. The zero-order valence-corrected chi connectivity index (χ0v) is 14.7. The van der Waals surface area contributed by atoms with Crippen LogP contribution in [0.15, 0.2) is 60.3 Å². The highest BCUT2D eigenvalue weighted by Gasteiger charge is 2.30. The molecule has 138 valence electrons. The average Bonchev–Trinajstić information content (AvgIpc) is 2.91. The van der Waals surface area contributed by atoms with E-state index >= 15 is 0 Å². The first-order chi connectivity index (χ1) is 13.0. The second-order valence-electron chi connectivity index (χ2n) is 6.10. The minimum atomic E-state index is -0.481. The van der Waals surface area contributed by atoms with Gasteiger partial charge in [0.15, 0.2) is 0 Å². The lowest BCUT2D eigenvalue weighted by Gasteiger charge is -2.13. The Hall–Kier alpha value is -3.45. The Balaban J connectivity index is 1.63. The molecule has 3 rings (SSSR count). The standard InChI is InChI=1S/C20H19N3O4/c1-13-2-4-14(5-3-13)19(26)22-16-8-6-15(7-9-16)21-17-12-18(25)23(10-11-24)20(17)27/h2-9,12,21,24H,10-11H2,1H3,(H,22,26). The first-order valence-corrected chi connectivity index (χ1v) is 8.41. The highest BCUT2D eigenvalue weighted by Crippen LogP contribution is 2.19. The molecule has 0 atom stereocenters. The number of β-amino-alcohol motifs (C(OH)–C–C–N with tert-alkyl or cyclic N) is 1. The third kappa shape index (κ3) is 4.21. The van der Waals surface area contributed by atoms with Crippen LogP contribution in [0.3, 0.4) is 0 Å². The van der Waals surface area contributed by atoms with E-state index < -0.39 is 11.8 Å². The SMILES string of the molecule is Cc1ccc(C(=O)Nc2ccc(NC3=CC(=O)N(CCO)C3=O)cc2)cc1. The lowest BCUT2D eigenvalue weighted by molar-refractivity contribution is -0.137. The third-order valence-electron chi connectivity index (χ3n) is 4.07. The van der Waals surface area contributed by atoms with Crippen LogP contribution in [0.25, 0.3) is 0 Å². The highest BCUT2D eigenvalue weighted by atomic mass is 16.3. The van der Waals surface area contributed by atoms with Crippen LogP contribution in [0.1, 0.15) is 15.9 Å². The fourth-order valence-electron chi connectivity index (χ4n) is 2.61. The Morgan fingerprint density at radius 3 is 2.26 bits per heavy atom. The molecular weight excluding hydrogens is 346 g/mol. The summed E-state index contributed by atoms with van der Waals surface area (Å²) >= 11 is 0. The molecule has 0 unspecified atom stereocenters. The zero-order valence-electron chi connectivity index (χ0n) is 14.7. The Morgan fingerprint density at radius 1 is 1.00 bits per heavy atom. The number of aryl methyl sites for hydroxylation is 1. The minimum absolute atomic E-state index is 0.0384. The largest absolute Gasteiger partial charge is 0.395 e. The molecule has 7 heteroatoms. The van der Waals surface area contributed by atoms with Crippen molar-refractivity contribution >= 4 is 29.1 Å². The van der Waals surface area contributed by atoms with Gasteiger partial charge in [0.25, 0.3) is 17.7 Å². The molecule has 1 heterocycles. The summed E-state index contributed by atoms with van der Waals surface area (Å²) in [6.07, 6.45) is 1.20. The van der Waals surface area contributed by atoms with Crippen molar-refractivity contribution < 1.29 is 19.5 Å². The van der Waals surface area contributed by atoms with Gasteiger partial charge in [0.2, 0.25) is 0 Å². The van der Waals surface area contributed by atoms with E-state index in [4.69, 9.17) is 5.11 Å². The molecule has 7 nitrogen and oxygen atoms in total. The Bertz CT molecular complexity index is 902. The molecule has 3 N–H and O–H groups in total. The van der Waals surface area contributed by atoms with Crippen molar-refractivity contribution in [2.24, 2.45) is 0 Å². The van der Waals surface area contributed by atoms with Crippen LogP contribution >= 0.6 is 0 Å². The van der Waals surface area contributed by atoms with E-state index in [1.54, 1.807) is 36.4 Å². The number of aliphatic hydroxyl groups excluding tert-OH is 1. The van der Waals surface area contributed by atoms with Crippen molar-refractivity contribution in [1.82, 2.24) is 4.90 Å². The number of anilines is 2. The van der Waals surface area contributed by atoms with Crippen LogP contribution in [-0.2, 0) is 9.59 Å². The van der Waals surface area contributed by atoms with Crippen LogP contribution in [0.2, 0.25) is 0 Å². The van der Waals surface area contributed by atoms with Gasteiger partial charge in [0, 0.05) is 23.0 Å². The Labute approximate surface area is 156 Å². The highest BCUT2D eigenvalue weighted by molar-refractivity contribution is 6.17. The first kappa shape index (κ1) is 18.3. The average molecular weight is 365 g/mol. The second kappa shape index (κ2) is 7.84. The normalized spacial score (nSPS) is 13.6. The van der Waals surface area contributed by atoms with Gasteiger partial charge < -0.3 is 15.7 Å². The summed E-state index contributed by atoms with van der Waals surface area (Å²) in [5, 5.41) is 14.6. The Morgan fingerprint density at radius 2 is 1.63 bits per heavy atom. The molecule has 3 amide bonds. The van der Waals surface area contributed by atoms with Crippen molar-refractivity contribution in [2.45, 2.75) is 6.92 Å². The molecule has 0 radical (unpaired) electrons. The summed E-state index contributed by atoms with van der Waals surface area (Å²) in [6, 6.07) is 14.0. The number of aliphatic hydroxyl groups is 1. The Kier molecular flexibility index (Phi) is 5.33. The van der Waals surface area contributed by atoms with E-state index in [2.05, 4.69) is 10.6 Å². The van der Waals surface area contributed by atoms with Crippen molar-refractivity contribution in [1.29, 1.82) is 0 Å². The van der Waals surface area contributed by atoms with Crippen LogP contribution in [-0.4, -0.2) is 40.9 Å². The number of hydrogen-bond acceptors (Lipinski definition) is 5. The molecule has 0 saturated heterocycles. The summed E-state index contributed by atoms with van der Waals surface area (Å²) in [4.78, 5) is 37.0. The summed E-state index contributed by atoms with van der Waals surface area (Å²) < 4.78 is 0. The van der Waals surface area contributed by atoms with Crippen molar-refractivity contribution in [3.05, 3.63) is 71.4 Å². The van der Waals surface area contributed by atoms with Gasteiger partial charge in [-0.25, -0.2) is 0 Å². The monoisotopic (exact) mass is 365 g/mol. The molecule has 1 aliphatic heterocycles. The molecule has 0 saturated carbocycles. The summed E-state index contributed by atoms with van der Waals surface area (Å²) in [6.45, 7) is 1.63. The fourth-order valence-corrected chi connectivity index (χ4v) is 2.61. The molecule has 0 aromatic heterocycles. The summed E-state index contributed by atoms with van der Waals surface area (Å²) in [5.41, 5.74) is 2.99. The number of amides is 3. The van der Waals surface area contributed by atoms with Crippen LogP contribution < -0.4 is 10.6 Å². The predicted octanol–water partition coefficient (Wildman–Crippen LogP) is 1.90. The van der Waals surface area contributed by atoms with E-state index in [-0.39, 0.29) is 24.8 Å². The van der Waals surface area contributed by atoms with Gasteiger partial charge in [0.1, 0.15) is 5.70 Å². The summed E-state index contributed by atoms with van der Waals surface area (Å²) in [7, 11) is 0. The number of carbonyl (C=O) groups is 3. The molecule has 1 aliphatic rings. The van der Waals surface area contributed by atoms with Crippen molar-refractivity contribution in [3.8, 4) is 0 Å². The first-order valence-electron chi connectivity index (χ1n) is 8.41. The van der Waals surface area contributed by atoms with E-state index in [1.807, 2.05) is 19.1 Å². The fraction of sp³-hybridized carbons (Fsp3) is 0.150. The number of nitrogens with zero attached hydrogens (tertiary/aromatic N) is 1. The van der Waals surface area contributed by atoms with Gasteiger partial charge in [-0.05, 0) is 43.3 Å². The second-order valence-corrected chi connectivity index (χ2v) is 6.10. The van der Waals surface area contributed by atoms with E-state index in [1.165, 1.54) is 6.08 Å². The van der Waals surface area contributed by atoms with Gasteiger partial charge in [-0.3, -0.25) is 19.3 Å². The van der Waals surface area contributed by atoms with Crippen LogP contribution in [0.4, 0.5) is 11.4 Å². The smallest absolute Gasteiger partial charge is 0.277 e. The maximum Gasteiger partial charge on any atom is 0.277 e. The molecule has 0 aliphatic carbocycles. The van der Waals surface area contributed by atoms with Gasteiger partial charge in [-0.1, -0.05) is 17.7 Å². The van der Waals surface area contributed by atoms with Crippen molar-refractivity contribution in [3.63, 3.8) is 0 Å². The molecule has 27 heavy (non-hydrogen) atoms. The zero-order chi connectivity index (χ0) is 19.4. The molecular formula is C20H19N3O4. The maximum atomic E-state index is 12.2. The maximum absolute atomic E-state index is 12.2. The van der Waals surface area contributed by atoms with Gasteiger partial charge >= 0.3 is 0 Å². The van der Waals surface area contributed by atoms with E-state index in [0.29, 0.717) is 16.9 Å². The number of carbonyl (C=O) groups excluding carboxylic acids is 3. The lowest BCUT2D eigenvalue weighted by atomic mass is 10.1. The topological polar surface area (TPSA) is 98.7 Å². The quantitative estimate of drug-likeness (QED) is 0.679.